The smallest absolute Gasteiger partial charge is 0.156 e. The first-order valence-corrected chi connectivity index (χ1v) is 9.67. The molecule has 6 heteroatoms. The average Bonchev–Trinajstić information content (AvgIpc) is 3.34. The van der Waals surface area contributed by atoms with E-state index in [1.54, 1.807) is 6.20 Å². The molecule has 6 nitrogen and oxygen atoms in total. The zero-order valence-electron chi connectivity index (χ0n) is 15.8. The molecule has 0 saturated carbocycles. The van der Waals surface area contributed by atoms with E-state index in [1.165, 1.54) is 16.7 Å². The van der Waals surface area contributed by atoms with Crippen LogP contribution in [0.3, 0.4) is 0 Å². The molecule has 27 heavy (non-hydrogen) atoms. The SMILES string of the molecule is Cc1c(N2CCC(Oc3ccc4c(c3)OCC4)CC2)nn2ccnc2c1C. The Morgan fingerprint density at radius 2 is 2.00 bits per heavy atom. The average molecular weight is 364 g/mol. The van der Waals surface area contributed by atoms with Crippen LogP contribution >= 0.6 is 0 Å². The quantitative estimate of drug-likeness (QED) is 0.714. The van der Waals surface area contributed by atoms with Crippen LogP contribution in [0.1, 0.15) is 29.5 Å². The maximum atomic E-state index is 6.23. The summed E-state index contributed by atoms with van der Waals surface area (Å²) in [5.74, 6) is 2.95. The predicted octanol–water partition coefficient (Wildman–Crippen LogP) is 3.33. The number of rotatable bonds is 3. The molecule has 3 aromatic rings. The van der Waals surface area contributed by atoms with Gasteiger partial charge in [-0.3, -0.25) is 0 Å². The van der Waals surface area contributed by atoms with Gasteiger partial charge >= 0.3 is 0 Å². The molecule has 0 spiro atoms. The number of hydrogen-bond acceptors (Lipinski definition) is 5. The molecule has 0 aliphatic carbocycles. The molecule has 0 atom stereocenters. The molecule has 0 N–H and O–H groups in total. The second-order valence-electron chi connectivity index (χ2n) is 7.44. The predicted molar refractivity (Wildman–Crippen MR) is 104 cm³/mol. The van der Waals surface area contributed by atoms with Crippen molar-refractivity contribution in [1.82, 2.24) is 14.6 Å². The lowest BCUT2D eigenvalue weighted by Gasteiger charge is -2.34. The van der Waals surface area contributed by atoms with Crippen LogP contribution in [0.4, 0.5) is 5.82 Å². The zero-order chi connectivity index (χ0) is 18.4. The highest BCUT2D eigenvalue weighted by Gasteiger charge is 2.24. The van der Waals surface area contributed by atoms with Crippen LogP contribution < -0.4 is 14.4 Å². The second kappa shape index (κ2) is 6.44. The summed E-state index contributed by atoms with van der Waals surface area (Å²) < 4.78 is 13.8. The molecular formula is C21H24N4O2. The largest absolute Gasteiger partial charge is 0.493 e. The van der Waals surface area contributed by atoms with Crippen LogP contribution in [0.5, 0.6) is 11.5 Å². The molecule has 0 unspecified atom stereocenters. The third-order valence-electron chi connectivity index (χ3n) is 5.77. The number of anilines is 1. The molecule has 5 rings (SSSR count). The van der Waals surface area contributed by atoms with Crippen molar-refractivity contribution in [2.24, 2.45) is 0 Å². The maximum absolute atomic E-state index is 6.23. The van der Waals surface area contributed by atoms with Gasteiger partial charge in [0.15, 0.2) is 11.5 Å². The highest BCUT2D eigenvalue weighted by atomic mass is 16.5. The van der Waals surface area contributed by atoms with E-state index in [4.69, 9.17) is 14.6 Å². The van der Waals surface area contributed by atoms with Gasteiger partial charge in [-0.2, -0.15) is 0 Å². The van der Waals surface area contributed by atoms with Gasteiger partial charge in [-0.05, 0) is 25.5 Å². The first-order valence-electron chi connectivity index (χ1n) is 9.67. The summed E-state index contributed by atoms with van der Waals surface area (Å²) in [6, 6.07) is 6.24. The highest BCUT2D eigenvalue weighted by molar-refractivity contribution is 5.59. The van der Waals surface area contributed by atoms with Crippen LogP contribution in [0.2, 0.25) is 0 Å². The van der Waals surface area contributed by atoms with E-state index < -0.39 is 0 Å². The second-order valence-corrected chi connectivity index (χ2v) is 7.44. The van der Waals surface area contributed by atoms with E-state index in [1.807, 2.05) is 16.8 Å². The molecule has 2 aliphatic rings. The monoisotopic (exact) mass is 364 g/mol. The Kier molecular flexibility index (Phi) is 3.92. The molecule has 2 aromatic heterocycles. The van der Waals surface area contributed by atoms with Crippen molar-refractivity contribution in [3.8, 4) is 11.5 Å². The minimum Gasteiger partial charge on any atom is -0.493 e. The number of aryl methyl sites for hydroxylation is 1. The van der Waals surface area contributed by atoms with Crippen molar-refractivity contribution in [2.45, 2.75) is 39.2 Å². The summed E-state index contributed by atoms with van der Waals surface area (Å²) >= 11 is 0. The molecule has 0 radical (unpaired) electrons. The van der Waals surface area contributed by atoms with Crippen LogP contribution in [0, 0.1) is 13.8 Å². The molecule has 4 heterocycles. The van der Waals surface area contributed by atoms with Crippen LogP contribution in [0.25, 0.3) is 5.65 Å². The summed E-state index contributed by atoms with van der Waals surface area (Å²) in [7, 11) is 0. The third-order valence-corrected chi connectivity index (χ3v) is 5.77. The molecule has 0 amide bonds. The summed E-state index contributed by atoms with van der Waals surface area (Å²) in [6.45, 7) is 6.93. The fourth-order valence-corrected chi connectivity index (χ4v) is 4.06. The van der Waals surface area contributed by atoms with Crippen molar-refractivity contribution in [3.63, 3.8) is 0 Å². The number of hydrogen-bond donors (Lipinski definition) is 0. The summed E-state index contributed by atoms with van der Waals surface area (Å²) in [4.78, 5) is 6.77. The maximum Gasteiger partial charge on any atom is 0.156 e. The Morgan fingerprint density at radius 3 is 2.85 bits per heavy atom. The molecule has 2 aliphatic heterocycles. The Hall–Kier alpha value is -2.76. The van der Waals surface area contributed by atoms with Gasteiger partial charge in [0, 0.05) is 61.9 Å². The molecule has 1 aromatic carbocycles. The number of fused-ring (bicyclic) bond motifs is 2. The Balaban J connectivity index is 1.28. The Morgan fingerprint density at radius 1 is 1.15 bits per heavy atom. The standard InChI is InChI=1S/C21H24N4O2/c1-14-15(2)21(23-25-11-8-22-20(14)25)24-9-5-17(6-10-24)27-18-4-3-16-7-12-26-19(16)13-18/h3-4,8,11,13,17H,5-7,9-10,12H2,1-2H3. The first kappa shape index (κ1) is 16.4. The fraction of sp³-hybridized carbons (Fsp3) is 0.429. The summed E-state index contributed by atoms with van der Waals surface area (Å²) in [6.07, 6.45) is 6.93. The highest BCUT2D eigenvalue weighted by Crippen LogP contribution is 2.31. The van der Waals surface area contributed by atoms with Crippen molar-refractivity contribution < 1.29 is 9.47 Å². The normalized spacial score (nSPS) is 17.2. The lowest BCUT2D eigenvalue weighted by atomic mass is 10.1. The zero-order valence-corrected chi connectivity index (χ0v) is 15.8. The van der Waals surface area contributed by atoms with Crippen molar-refractivity contribution in [3.05, 3.63) is 47.3 Å². The van der Waals surface area contributed by atoms with Gasteiger partial charge in [0.2, 0.25) is 0 Å². The topological polar surface area (TPSA) is 51.9 Å². The minimum atomic E-state index is 0.235. The summed E-state index contributed by atoms with van der Waals surface area (Å²) in [5, 5.41) is 4.79. The van der Waals surface area contributed by atoms with Gasteiger partial charge in [0.05, 0.1) is 6.61 Å². The van der Waals surface area contributed by atoms with E-state index in [2.05, 4.69) is 35.9 Å². The number of nitrogens with zero attached hydrogens (tertiary/aromatic N) is 4. The first-order chi connectivity index (χ1) is 13.2. The lowest BCUT2D eigenvalue weighted by molar-refractivity contribution is 0.170. The number of imidazole rings is 1. The minimum absolute atomic E-state index is 0.235. The van der Waals surface area contributed by atoms with Crippen LogP contribution in [0.15, 0.2) is 30.6 Å². The molecule has 1 saturated heterocycles. The van der Waals surface area contributed by atoms with E-state index >= 15 is 0 Å². The van der Waals surface area contributed by atoms with Crippen molar-refractivity contribution >= 4 is 11.5 Å². The van der Waals surface area contributed by atoms with Crippen LogP contribution in [-0.2, 0) is 6.42 Å². The molecular weight excluding hydrogens is 340 g/mol. The van der Waals surface area contributed by atoms with Crippen molar-refractivity contribution in [2.75, 3.05) is 24.6 Å². The van der Waals surface area contributed by atoms with Gasteiger partial charge < -0.3 is 14.4 Å². The van der Waals surface area contributed by atoms with Gasteiger partial charge in [0.1, 0.15) is 17.6 Å². The van der Waals surface area contributed by atoms with Gasteiger partial charge in [0.25, 0.3) is 0 Å². The van der Waals surface area contributed by atoms with Gasteiger partial charge in [-0.15, -0.1) is 5.10 Å². The lowest BCUT2D eigenvalue weighted by Crippen LogP contribution is -2.39. The third kappa shape index (κ3) is 2.89. The number of aromatic nitrogens is 3. The summed E-state index contributed by atoms with van der Waals surface area (Å²) in [5.41, 5.74) is 4.63. The molecule has 0 bridgehead atoms. The Labute approximate surface area is 158 Å². The molecule has 1 fully saturated rings. The number of benzene rings is 1. The van der Waals surface area contributed by atoms with E-state index in [0.29, 0.717) is 0 Å². The van der Waals surface area contributed by atoms with E-state index in [9.17, 15) is 0 Å². The number of piperidine rings is 1. The molecule has 140 valence electrons. The van der Waals surface area contributed by atoms with Gasteiger partial charge in [-0.25, -0.2) is 9.50 Å². The fourth-order valence-electron chi connectivity index (χ4n) is 4.06. The van der Waals surface area contributed by atoms with Crippen molar-refractivity contribution in [1.29, 1.82) is 0 Å². The Bertz CT molecular complexity index is 989. The van der Waals surface area contributed by atoms with Crippen LogP contribution in [-0.4, -0.2) is 40.4 Å². The number of ether oxygens (including phenoxy) is 2. The van der Waals surface area contributed by atoms with E-state index in [-0.39, 0.29) is 6.10 Å². The van der Waals surface area contributed by atoms with E-state index in [0.717, 1.165) is 61.9 Å². The van der Waals surface area contributed by atoms with Gasteiger partial charge in [-0.1, -0.05) is 6.07 Å².